The van der Waals surface area contributed by atoms with Crippen LogP contribution in [0.1, 0.15) is 31.4 Å². The Balaban J connectivity index is 1.71. The Labute approximate surface area is 164 Å². The van der Waals surface area contributed by atoms with E-state index >= 15 is 0 Å². The van der Waals surface area contributed by atoms with Crippen molar-refractivity contribution in [2.24, 2.45) is 0 Å². The zero-order chi connectivity index (χ0) is 18.8. The molecule has 0 unspecified atom stereocenters. The van der Waals surface area contributed by atoms with E-state index < -0.39 is 0 Å². The SMILES string of the molecule is CCOc1ccccc1CCCNC(=O)COc1ccc(CC)cc1Br. The zero-order valence-corrected chi connectivity index (χ0v) is 17.0. The third kappa shape index (κ3) is 6.37. The van der Waals surface area contributed by atoms with Gasteiger partial charge in [-0.2, -0.15) is 0 Å². The van der Waals surface area contributed by atoms with Crippen LogP contribution < -0.4 is 14.8 Å². The summed E-state index contributed by atoms with van der Waals surface area (Å²) in [7, 11) is 0. The maximum atomic E-state index is 12.0. The molecule has 2 rings (SSSR count). The summed E-state index contributed by atoms with van der Waals surface area (Å²) in [5.41, 5.74) is 2.39. The van der Waals surface area contributed by atoms with Gasteiger partial charge in [0, 0.05) is 6.54 Å². The van der Waals surface area contributed by atoms with Crippen LogP contribution in [0.15, 0.2) is 46.9 Å². The normalized spacial score (nSPS) is 10.4. The topological polar surface area (TPSA) is 47.6 Å². The molecule has 0 bridgehead atoms. The van der Waals surface area contributed by atoms with Gasteiger partial charge in [0.25, 0.3) is 5.91 Å². The summed E-state index contributed by atoms with van der Waals surface area (Å²) < 4.78 is 12.1. The van der Waals surface area contributed by atoms with E-state index in [4.69, 9.17) is 9.47 Å². The van der Waals surface area contributed by atoms with Crippen LogP contribution in [0.4, 0.5) is 0 Å². The molecule has 5 heteroatoms. The molecule has 0 aliphatic carbocycles. The molecule has 0 saturated carbocycles. The molecule has 0 aliphatic rings. The highest BCUT2D eigenvalue weighted by molar-refractivity contribution is 9.10. The largest absolute Gasteiger partial charge is 0.494 e. The molecule has 1 amide bonds. The second-order valence-electron chi connectivity index (χ2n) is 5.90. The first-order valence-corrected chi connectivity index (χ1v) is 9.82. The first-order valence-electron chi connectivity index (χ1n) is 9.02. The van der Waals surface area contributed by atoms with Crippen LogP contribution in [0.2, 0.25) is 0 Å². The van der Waals surface area contributed by atoms with E-state index in [1.54, 1.807) is 0 Å². The lowest BCUT2D eigenvalue weighted by Crippen LogP contribution is -2.30. The van der Waals surface area contributed by atoms with Crippen LogP contribution in [0, 0.1) is 0 Å². The minimum atomic E-state index is -0.116. The van der Waals surface area contributed by atoms with Crippen LogP contribution in [0.5, 0.6) is 11.5 Å². The first kappa shape index (κ1) is 20.3. The molecule has 0 heterocycles. The molecular weight excluding hydrogens is 394 g/mol. The van der Waals surface area contributed by atoms with Gasteiger partial charge in [0.2, 0.25) is 0 Å². The molecule has 0 aromatic heterocycles. The highest BCUT2D eigenvalue weighted by atomic mass is 79.9. The predicted octanol–water partition coefficient (Wildman–Crippen LogP) is 4.54. The predicted molar refractivity (Wildman–Crippen MR) is 108 cm³/mol. The molecule has 140 valence electrons. The standard InChI is InChI=1S/C21H26BrNO3/c1-3-16-11-12-20(18(22)14-16)26-15-21(24)23-13-7-9-17-8-5-6-10-19(17)25-4-2/h5-6,8,10-12,14H,3-4,7,9,13,15H2,1-2H3,(H,23,24). The number of benzene rings is 2. The Hall–Kier alpha value is -2.01. The van der Waals surface area contributed by atoms with E-state index in [0.717, 1.165) is 29.5 Å². The van der Waals surface area contributed by atoms with Crippen molar-refractivity contribution < 1.29 is 14.3 Å². The number of hydrogen-bond acceptors (Lipinski definition) is 3. The zero-order valence-electron chi connectivity index (χ0n) is 15.4. The summed E-state index contributed by atoms with van der Waals surface area (Å²) in [4.78, 5) is 12.0. The van der Waals surface area contributed by atoms with Gasteiger partial charge in [-0.1, -0.05) is 31.2 Å². The quantitative estimate of drug-likeness (QED) is 0.575. The second kappa shape index (κ2) is 10.9. The Morgan fingerprint density at radius 1 is 1.08 bits per heavy atom. The number of hydrogen-bond donors (Lipinski definition) is 1. The maximum Gasteiger partial charge on any atom is 0.257 e. The lowest BCUT2D eigenvalue weighted by atomic mass is 10.1. The third-order valence-corrected chi connectivity index (χ3v) is 4.60. The van der Waals surface area contributed by atoms with Crippen LogP contribution in [0.25, 0.3) is 0 Å². The minimum Gasteiger partial charge on any atom is -0.494 e. The number of carbonyl (C=O) groups excluding carboxylic acids is 1. The highest BCUT2D eigenvalue weighted by Gasteiger charge is 2.07. The lowest BCUT2D eigenvalue weighted by Gasteiger charge is -2.11. The smallest absolute Gasteiger partial charge is 0.257 e. The van der Waals surface area contributed by atoms with Gasteiger partial charge in [-0.25, -0.2) is 0 Å². The number of aryl methyl sites for hydroxylation is 2. The van der Waals surface area contributed by atoms with Crippen molar-refractivity contribution in [1.29, 1.82) is 0 Å². The van der Waals surface area contributed by atoms with Crippen LogP contribution in [-0.4, -0.2) is 25.7 Å². The van der Waals surface area contributed by atoms with Crippen molar-refractivity contribution in [2.75, 3.05) is 19.8 Å². The van der Waals surface area contributed by atoms with E-state index in [9.17, 15) is 4.79 Å². The van der Waals surface area contributed by atoms with Crippen LogP contribution in [-0.2, 0) is 17.6 Å². The van der Waals surface area contributed by atoms with Gasteiger partial charge in [-0.15, -0.1) is 0 Å². The number of ether oxygens (including phenoxy) is 2. The molecule has 1 N–H and O–H groups in total. The van der Waals surface area contributed by atoms with E-state index in [1.807, 2.05) is 43.3 Å². The van der Waals surface area contributed by atoms with Crippen molar-refractivity contribution in [1.82, 2.24) is 5.32 Å². The fraction of sp³-hybridized carbons (Fsp3) is 0.381. The highest BCUT2D eigenvalue weighted by Crippen LogP contribution is 2.26. The number of nitrogens with one attached hydrogen (secondary N) is 1. The molecular formula is C21H26BrNO3. The fourth-order valence-corrected chi connectivity index (χ4v) is 3.13. The number of para-hydroxylation sites is 1. The van der Waals surface area contributed by atoms with Crippen molar-refractivity contribution in [3.63, 3.8) is 0 Å². The molecule has 2 aromatic rings. The maximum absolute atomic E-state index is 12.0. The summed E-state index contributed by atoms with van der Waals surface area (Å²) in [6.45, 7) is 5.35. The van der Waals surface area contributed by atoms with Gasteiger partial charge in [0.1, 0.15) is 11.5 Å². The average molecular weight is 420 g/mol. The Morgan fingerprint density at radius 2 is 1.88 bits per heavy atom. The third-order valence-electron chi connectivity index (χ3n) is 3.98. The van der Waals surface area contributed by atoms with Gasteiger partial charge >= 0.3 is 0 Å². The Kier molecular flexibility index (Phi) is 8.48. The molecule has 0 saturated heterocycles. The lowest BCUT2D eigenvalue weighted by molar-refractivity contribution is -0.123. The molecule has 0 radical (unpaired) electrons. The monoisotopic (exact) mass is 419 g/mol. The van der Waals surface area contributed by atoms with Gasteiger partial charge in [0.15, 0.2) is 6.61 Å². The number of rotatable bonds is 10. The molecule has 0 fully saturated rings. The van der Waals surface area contributed by atoms with E-state index in [1.165, 1.54) is 11.1 Å². The van der Waals surface area contributed by atoms with Crippen LogP contribution >= 0.6 is 15.9 Å². The van der Waals surface area contributed by atoms with Gasteiger partial charge in [-0.3, -0.25) is 4.79 Å². The number of halogens is 1. The molecule has 0 spiro atoms. The summed E-state index contributed by atoms with van der Waals surface area (Å²) in [6.07, 6.45) is 2.68. The van der Waals surface area contributed by atoms with Crippen molar-refractivity contribution >= 4 is 21.8 Å². The van der Waals surface area contributed by atoms with Gasteiger partial charge < -0.3 is 14.8 Å². The van der Waals surface area contributed by atoms with Gasteiger partial charge in [-0.05, 0) is 71.4 Å². The van der Waals surface area contributed by atoms with E-state index in [0.29, 0.717) is 18.9 Å². The van der Waals surface area contributed by atoms with E-state index in [-0.39, 0.29) is 12.5 Å². The number of carbonyl (C=O) groups is 1. The van der Waals surface area contributed by atoms with Crippen molar-refractivity contribution in [3.05, 3.63) is 58.1 Å². The summed E-state index contributed by atoms with van der Waals surface area (Å²) in [5.74, 6) is 1.49. The average Bonchev–Trinajstić information content (AvgIpc) is 2.65. The molecule has 4 nitrogen and oxygen atoms in total. The summed E-state index contributed by atoms with van der Waals surface area (Å²) >= 11 is 3.48. The Morgan fingerprint density at radius 3 is 2.62 bits per heavy atom. The molecule has 0 atom stereocenters. The van der Waals surface area contributed by atoms with Gasteiger partial charge in [0.05, 0.1) is 11.1 Å². The molecule has 26 heavy (non-hydrogen) atoms. The second-order valence-corrected chi connectivity index (χ2v) is 6.76. The minimum absolute atomic E-state index is 0.0135. The van der Waals surface area contributed by atoms with Crippen molar-refractivity contribution in [3.8, 4) is 11.5 Å². The van der Waals surface area contributed by atoms with E-state index in [2.05, 4.69) is 34.2 Å². The molecule has 0 aliphatic heterocycles. The molecule has 2 aromatic carbocycles. The van der Waals surface area contributed by atoms with Crippen molar-refractivity contribution in [2.45, 2.75) is 33.1 Å². The van der Waals surface area contributed by atoms with Crippen LogP contribution in [0.3, 0.4) is 0 Å². The first-order chi connectivity index (χ1) is 12.6. The Bertz CT molecular complexity index is 718. The number of amides is 1. The summed E-state index contributed by atoms with van der Waals surface area (Å²) in [5, 5.41) is 2.90. The summed E-state index contributed by atoms with van der Waals surface area (Å²) in [6, 6.07) is 13.9. The fourth-order valence-electron chi connectivity index (χ4n) is 2.59.